The summed E-state index contributed by atoms with van der Waals surface area (Å²) < 4.78 is 32.6. The summed E-state index contributed by atoms with van der Waals surface area (Å²) in [6.07, 6.45) is 2.27. The molecule has 0 N–H and O–H groups in total. The van der Waals surface area contributed by atoms with Crippen LogP contribution in [-0.2, 0) is 26.0 Å². The van der Waals surface area contributed by atoms with E-state index in [0.29, 0.717) is 43.6 Å². The van der Waals surface area contributed by atoms with E-state index in [4.69, 9.17) is 4.74 Å². The highest BCUT2D eigenvalue weighted by molar-refractivity contribution is 7.89. The van der Waals surface area contributed by atoms with Crippen LogP contribution in [0.3, 0.4) is 0 Å². The maximum absolute atomic E-state index is 12.9. The molecule has 2 saturated heterocycles. The van der Waals surface area contributed by atoms with Gasteiger partial charge in [-0.15, -0.1) is 0 Å². The van der Waals surface area contributed by atoms with Crippen LogP contribution in [0.4, 0.5) is 0 Å². The van der Waals surface area contributed by atoms with Gasteiger partial charge in [-0.1, -0.05) is 26.0 Å². The van der Waals surface area contributed by atoms with E-state index in [1.807, 2.05) is 12.1 Å². The molecule has 0 radical (unpaired) electrons. The third-order valence-electron chi connectivity index (χ3n) is 4.96. The predicted octanol–water partition coefficient (Wildman–Crippen LogP) is 1.90. The summed E-state index contributed by atoms with van der Waals surface area (Å²) in [6.45, 7) is 6.41. The lowest BCUT2D eigenvalue weighted by molar-refractivity contribution is -0.142. The fraction of sp³-hybridized carbons (Fsp3) is 0.632. The van der Waals surface area contributed by atoms with Crippen LogP contribution < -0.4 is 0 Å². The van der Waals surface area contributed by atoms with Gasteiger partial charge in [0, 0.05) is 32.8 Å². The van der Waals surface area contributed by atoms with Crippen LogP contribution in [0.15, 0.2) is 29.2 Å². The van der Waals surface area contributed by atoms with E-state index in [2.05, 4.69) is 13.8 Å². The van der Waals surface area contributed by atoms with Gasteiger partial charge < -0.3 is 9.64 Å². The Kier molecular flexibility index (Phi) is 5.99. The second-order valence-corrected chi connectivity index (χ2v) is 9.41. The Labute approximate surface area is 156 Å². The molecule has 144 valence electrons. The summed E-state index contributed by atoms with van der Waals surface area (Å²) in [6, 6.07) is 7.17. The molecule has 7 heteroatoms. The summed E-state index contributed by atoms with van der Waals surface area (Å²) in [7, 11) is -3.51. The van der Waals surface area contributed by atoms with Crippen LogP contribution in [-0.4, -0.2) is 62.4 Å². The predicted molar refractivity (Wildman–Crippen MR) is 99.3 cm³/mol. The highest BCUT2D eigenvalue weighted by Gasteiger charge is 2.33. The normalized spacial score (nSPS) is 22.1. The van der Waals surface area contributed by atoms with Gasteiger partial charge in [0.2, 0.25) is 10.0 Å². The Balaban J connectivity index is 1.61. The van der Waals surface area contributed by atoms with Crippen molar-refractivity contribution < 1.29 is 17.9 Å². The average molecular weight is 381 g/mol. The summed E-state index contributed by atoms with van der Waals surface area (Å²) in [5.74, 6) is 0.532. The Hall–Kier alpha value is -1.44. The van der Waals surface area contributed by atoms with E-state index in [1.165, 1.54) is 4.31 Å². The maximum Gasteiger partial charge on any atom is 0.251 e. The van der Waals surface area contributed by atoms with Crippen LogP contribution in [0.2, 0.25) is 0 Å². The second kappa shape index (κ2) is 8.06. The Morgan fingerprint density at radius 1 is 1.15 bits per heavy atom. The Morgan fingerprint density at radius 2 is 1.81 bits per heavy atom. The van der Waals surface area contributed by atoms with E-state index in [1.54, 1.807) is 17.0 Å². The monoisotopic (exact) mass is 380 g/mol. The van der Waals surface area contributed by atoms with Crippen molar-refractivity contribution in [2.75, 3.05) is 32.8 Å². The summed E-state index contributed by atoms with van der Waals surface area (Å²) in [5.41, 5.74) is 1.14. The second-order valence-electron chi connectivity index (χ2n) is 7.47. The molecule has 0 spiro atoms. The first-order chi connectivity index (χ1) is 12.4. The molecule has 0 aromatic heterocycles. The lowest BCUT2D eigenvalue weighted by atomic mass is 10.0. The molecule has 1 atom stereocenters. The molecule has 2 fully saturated rings. The van der Waals surface area contributed by atoms with Gasteiger partial charge in [-0.25, -0.2) is 8.42 Å². The zero-order valence-corrected chi connectivity index (χ0v) is 16.4. The molecule has 2 heterocycles. The number of hydrogen-bond donors (Lipinski definition) is 0. The van der Waals surface area contributed by atoms with Gasteiger partial charge in [0.05, 0.1) is 4.90 Å². The SMILES string of the molecule is CC(C)Cc1ccc(S(=O)(=O)N2CCN(C(=O)[C@@H]3CCCO3)CC2)cc1. The smallest absolute Gasteiger partial charge is 0.251 e. The van der Waals surface area contributed by atoms with Gasteiger partial charge in [0.25, 0.3) is 5.91 Å². The van der Waals surface area contributed by atoms with Gasteiger partial charge in [0.1, 0.15) is 6.10 Å². The van der Waals surface area contributed by atoms with Gasteiger partial charge in [-0.2, -0.15) is 4.31 Å². The van der Waals surface area contributed by atoms with E-state index in [-0.39, 0.29) is 12.0 Å². The van der Waals surface area contributed by atoms with Crippen molar-refractivity contribution in [2.45, 2.75) is 44.1 Å². The molecule has 6 nitrogen and oxygen atoms in total. The maximum atomic E-state index is 12.9. The molecule has 0 aliphatic carbocycles. The third kappa shape index (κ3) is 4.27. The number of rotatable bonds is 5. The number of nitrogens with zero attached hydrogens (tertiary/aromatic N) is 2. The number of piperazine rings is 1. The van der Waals surface area contributed by atoms with Crippen molar-refractivity contribution >= 4 is 15.9 Å². The fourth-order valence-electron chi connectivity index (χ4n) is 3.54. The number of amides is 1. The van der Waals surface area contributed by atoms with Crippen LogP contribution >= 0.6 is 0 Å². The minimum absolute atomic E-state index is 0.00223. The van der Waals surface area contributed by atoms with Gasteiger partial charge in [-0.3, -0.25) is 4.79 Å². The molecule has 0 bridgehead atoms. The summed E-state index contributed by atoms with van der Waals surface area (Å²) in [4.78, 5) is 14.4. The van der Waals surface area contributed by atoms with Gasteiger partial charge in [0.15, 0.2) is 0 Å². The zero-order chi connectivity index (χ0) is 18.7. The third-order valence-corrected chi connectivity index (χ3v) is 6.87. The summed E-state index contributed by atoms with van der Waals surface area (Å²) in [5, 5.41) is 0. The van der Waals surface area contributed by atoms with Crippen molar-refractivity contribution in [3.05, 3.63) is 29.8 Å². The first-order valence-corrected chi connectivity index (χ1v) is 10.8. The van der Waals surface area contributed by atoms with E-state index >= 15 is 0 Å². The van der Waals surface area contributed by atoms with Crippen molar-refractivity contribution in [1.29, 1.82) is 0 Å². The highest BCUT2D eigenvalue weighted by atomic mass is 32.2. The quantitative estimate of drug-likeness (QED) is 0.782. The van der Waals surface area contributed by atoms with Crippen molar-refractivity contribution in [2.24, 2.45) is 5.92 Å². The van der Waals surface area contributed by atoms with Crippen molar-refractivity contribution in [3.8, 4) is 0 Å². The van der Waals surface area contributed by atoms with Crippen molar-refractivity contribution in [1.82, 2.24) is 9.21 Å². The van der Waals surface area contributed by atoms with E-state index in [0.717, 1.165) is 24.8 Å². The standard InChI is InChI=1S/C19H28N2O4S/c1-15(2)14-16-5-7-17(8-6-16)26(23,24)21-11-9-20(10-12-21)19(22)18-4-3-13-25-18/h5-8,15,18H,3-4,9-14H2,1-2H3/t18-/m0/s1. The first-order valence-electron chi connectivity index (χ1n) is 9.37. The topological polar surface area (TPSA) is 66.9 Å². The number of hydrogen-bond acceptors (Lipinski definition) is 4. The van der Waals surface area contributed by atoms with Crippen LogP contribution in [0.1, 0.15) is 32.3 Å². The molecule has 1 aromatic carbocycles. The number of benzene rings is 1. The van der Waals surface area contributed by atoms with Gasteiger partial charge >= 0.3 is 0 Å². The number of ether oxygens (including phenoxy) is 1. The molecule has 1 aromatic rings. The minimum atomic E-state index is -3.51. The van der Waals surface area contributed by atoms with Crippen LogP contribution in [0, 0.1) is 5.92 Å². The van der Waals surface area contributed by atoms with Crippen LogP contribution in [0.25, 0.3) is 0 Å². The average Bonchev–Trinajstić information content (AvgIpc) is 3.16. The molecule has 26 heavy (non-hydrogen) atoms. The number of carbonyl (C=O) groups excluding carboxylic acids is 1. The van der Waals surface area contributed by atoms with Gasteiger partial charge in [-0.05, 0) is 42.9 Å². The molecular formula is C19H28N2O4S. The first kappa shape index (κ1) is 19.3. The molecule has 0 unspecified atom stereocenters. The van der Waals surface area contributed by atoms with E-state index < -0.39 is 10.0 Å². The molecule has 1 amide bonds. The lowest BCUT2D eigenvalue weighted by Crippen LogP contribution is -2.52. The highest BCUT2D eigenvalue weighted by Crippen LogP contribution is 2.21. The lowest BCUT2D eigenvalue weighted by Gasteiger charge is -2.35. The van der Waals surface area contributed by atoms with Crippen molar-refractivity contribution in [3.63, 3.8) is 0 Å². The summed E-state index contributed by atoms with van der Waals surface area (Å²) >= 11 is 0. The molecule has 0 saturated carbocycles. The van der Waals surface area contributed by atoms with E-state index in [9.17, 15) is 13.2 Å². The molecule has 2 aliphatic heterocycles. The van der Waals surface area contributed by atoms with Crippen LogP contribution in [0.5, 0.6) is 0 Å². The Morgan fingerprint density at radius 3 is 2.35 bits per heavy atom. The zero-order valence-electron chi connectivity index (χ0n) is 15.6. The molecular weight excluding hydrogens is 352 g/mol. The molecule has 3 rings (SSSR count). The Bertz CT molecular complexity index is 716. The number of carbonyl (C=O) groups is 1. The fourth-order valence-corrected chi connectivity index (χ4v) is 4.97. The minimum Gasteiger partial charge on any atom is -0.368 e. The molecule has 2 aliphatic rings. The number of sulfonamides is 1. The largest absolute Gasteiger partial charge is 0.368 e.